The van der Waals surface area contributed by atoms with E-state index in [1.165, 1.54) is 6.07 Å². The molecule has 0 spiro atoms. The lowest BCUT2D eigenvalue weighted by molar-refractivity contribution is 0.135. The molecule has 0 amide bonds. The predicted molar refractivity (Wildman–Crippen MR) is 53.6 cm³/mol. The third kappa shape index (κ3) is 1.51. The van der Waals surface area contributed by atoms with Gasteiger partial charge in [-0.3, -0.25) is 0 Å². The third-order valence-corrected chi connectivity index (χ3v) is 2.20. The Kier molecular flexibility index (Phi) is 2.50. The summed E-state index contributed by atoms with van der Waals surface area (Å²) >= 11 is 0. The topological polar surface area (TPSA) is 25.0 Å². The molecule has 1 aromatic heterocycles. The summed E-state index contributed by atoms with van der Waals surface area (Å²) in [6.45, 7) is 3.02. The molecule has 2 nitrogen and oxygen atoms in total. The number of ether oxygens (including phenoxy) is 1. The molecule has 0 atom stereocenters. The third-order valence-electron chi connectivity index (χ3n) is 2.20. The van der Waals surface area contributed by atoms with E-state index in [4.69, 9.17) is 4.74 Å². The summed E-state index contributed by atoms with van der Waals surface area (Å²) in [7, 11) is 0. The highest BCUT2D eigenvalue weighted by Crippen LogP contribution is 2.21. The highest BCUT2D eigenvalue weighted by atomic mass is 19.1. The quantitative estimate of drug-likeness (QED) is 0.796. The fraction of sp³-hybridized carbons (Fsp3) is 0.273. The van der Waals surface area contributed by atoms with Gasteiger partial charge in [0.1, 0.15) is 5.82 Å². The zero-order chi connectivity index (χ0) is 9.97. The number of aromatic amines is 1. The molecule has 14 heavy (non-hydrogen) atoms. The molecule has 0 bridgehead atoms. The van der Waals surface area contributed by atoms with Crippen molar-refractivity contribution in [3.05, 3.63) is 35.8 Å². The number of halogens is 1. The molecule has 2 rings (SSSR count). The first-order valence-corrected chi connectivity index (χ1v) is 4.65. The van der Waals surface area contributed by atoms with Crippen LogP contribution in [-0.4, -0.2) is 11.6 Å². The van der Waals surface area contributed by atoms with E-state index in [-0.39, 0.29) is 5.82 Å². The van der Waals surface area contributed by atoms with Gasteiger partial charge in [-0.1, -0.05) is 6.07 Å². The van der Waals surface area contributed by atoms with Crippen LogP contribution in [0.25, 0.3) is 10.9 Å². The Balaban J connectivity index is 2.45. The van der Waals surface area contributed by atoms with Crippen LogP contribution in [0.3, 0.4) is 0 Å². The van der Waals surface area contributed by atoms with E-state index in [1.54, 1.807) is 12.3 Å². The van der Waals surface area contributed by atoms with Gasteiger partial charge >= 0.3 is 0 Å². The van der Waals surface area contributed by atoms with E-state index in [9.17, 15) is 4.39 Å². The fourth-order valence-electron chi connectivity index (χ4n) is 1.53. The van der Waals surface area contributed by atoms with Crippen LogP contribution >= 0.6 is 0 Å². The van der Waals surface area contributed by atoms with E-state index in [1.807, 2.05) is 13.0 Å². The summed E-state index contributed by atoms with van der Waals surface area (Å²) in [6, 6.07) is 5.01. The van der Waals surface area contributed by atoms with Crippen LogP contribution in [0.4, 0.5) is 4.39 Å². The second-order valence-corrected chi connectivity index (χ2v) is 3.11. The molecule has 0 fully saturated rings. The van der Waals surface area contributed by atoms with Crippen molar-refractivity contribution in [1.82, 2.24) is 4.98 Å². The van der Waals surface area contributed by atoms with Crippen molar-refractivity contribution in [1.29, 1.82) is 0 Å². The van der Waals surface area contributed by atoms with Crippen LogP contribution in [-0.2, 0) is 11.3 Å². The molecular formula is C11H12FNO. The molecule has 0 saturated heterocycles. The molecule has 1 aromatic carbocycles. The first-order chi connectivity index (χ1) is 6.83. The molecule has 0 radical (unpaired) electrons. The monoisotopic (exact) mass is 193 g/mol. The van der Waals surface area contributed by atoms with Crippen molar-refractivity contribution in [3.63, 3.8) is 0 Å². The van der Waals surface area contributed by atoms with Crippen molar-refractivity contribution in [2.24, 2.45) is 0 Å². The maximum Gasteiger partial charge on any atom is 0.132 e. The minimum atomic E-state index is -0.196. The number of H-pyrrole nitrogens is 1. The summed E-state index contributed by atoms with van der Waals surface area (Å²) < 4.78 is 18.7. The van der Waals surface area contributed by atoms with E-state index < -0.39 is 0 Å². The molecule has 0 saturated carbocycles. The molecule has 0 aliphatic rings. The first-order valence-electron chi connectivity index (χ1n) is 4.65. The average Bonchev–Trinajstić information content (AvgIpc) is 2.59. The van der Waals surface area contributed by atoms with Gasteiger partial charge in [0.05, 0.1) is 6.61 Å². The Morgan fingerprint density at radius 2 is 2.29 bits per heavy atom. The van der Waals surface area contributed by atoms with Gasteiger partial charge in [0, 0.05) is 29.3 Å². The zero-order valence-electron chi connectivity index (χ0n) is 8.01. The van der Waals surface area contributed by atoms with E-state index in [0.717, 1.165) is 11.1 Å². The van der Waals surface area contributed by atoms with E-state index >= 15 is 0 Å². The maximum absolute atomic E-state index is 13.4. The minimum Gasteiger partial charge on any atom is -0.377 e. The summed E-state index contributed by atoms with van der Waals surface area (Å²) in [5.41, 5.74) is 1.69. The Hall–Kier alpha value is -1.35. The molecule has 74 valence electrons. The second-order valence-electron chi connectivity index (χ2n) is 3.11. The van der Waals surface area contributed by atoms with Crippen molar-refractivity contribution in [3.8, 4) is 0 Å². The molecule has 3 heteroatoms. The Morgan fingerprint density at radius 3 is 3.07 bits per heavy atom. The van der Waals surface area contributed by atoms with Gasteiger partial charge in [0.15, 0.2) is 0 Å². The highest BCUT2D eigenvalue weighted by Gasteiger charge is 2.07. The molecule has 1 N–H and O–H groups in total. The lowest BCUT2D eigenvalue weighted by Crippen LogP contribution is -1.91. The van der Waals surface area contributed by atoms with Gasteiger partial charge in [0.2, 0.25) is 0 Å². The summed E-state index contributed by atoms with van der Waals surface area (Å²) in [6.07, 6.45) is 1.80. The predicted octanol–water partition coefficient (Wildman–Crippen LogP) is 2.84. The largest absolute Gasteiger partial charge is 0.377 e. The van der Waals surface area contributed by atoms with Crippen LogP contribution in [0.5, 0.6) is 0 Å². The van der Waals surface area contributed by atoms with Crippen molar-refractivity contribution in [2.75, 3.05) is 6.61 Å². The summed E-state index contributed by atoms with van der Waals surface area (Å²) in [4.78, 5) is 3.02. The maximum atomic E-state index is 13.4. The number of benzene rings is 1. The Labute approximate surface area is 81.7 Å². The minimum absolute atomic E-state index is 0.196. The molecule has 0 aliphatic heterocycles. The number of rotatable bonds is 3. The van der Waals surface area contributed by atoms with Crippen LogP contribution < -0.4 is 0 Å². The number of nitrogens with one attached hydrogen (secondary N) is 1. The van der Waals surface area contributed by atoms with E-state index in [2.05, 4.69) is 4.98 Å². The highest BCUT2D eigenvalue weighted by molar-refractivity contribution is 5.83. The molecule has 1 heterocycles. The molecule has 2 aromatic rings. The van der Waals surface area contributed by atoms with Crippen molar-refractivity contribution < 1.29 is 9.13 Å². The van der Waals surface area contributed by atoms with Gasteiger partial charge in [-0.25, -0.2) is 4.39 Å². The first kappa shape index (κ1) is 9.21. The van der Waals surface area contributed by atoms with Gasteiger partial charge in [-0.15, -0.1) is 0 Å². The van der Waals surface area contributed by atoms with Gasteiger partial charge in [0.25, 0.3) is 0 Å². The van der Waals surface area contributed by atoms with Crippen molar-refractivity contribution >= 4 is 10.9 Å². The standard InChI is InChI=1S/C11H12FNO/c1-2-14-7-8-6-13-10-5-3-4-9(12)11(8)10/h3-6,13H,2,7H2,1H3. The zero-order valence-corrected chi connectivity index (χ0v) is 8.01. The molecular weight excluding hydrogens is 181 g/mol. The van der Waals surface area contributed by atoms with Gasteiger partial charge < -0.3 is 9.72 Å². The van der Waals surface area contributed by atoms with Crippen LogP contribution in [0.1, 0.15) is 12.5 Å². The SMILES string of the molecule is CCOCc1c[nH]c2cccc(F)c12. The number of fused-ring (bicyclic) bond motifs is 1. The summed E-state index contributed by atoms with van der Waals surface area (Å²) in [5.74, 6) is -0.196. The van der Waals surface area contributed by atoms with Crippen LogP contribution in [0, 0.1) is 5.82 Å². The number of aromatic nitrogens is 1. The Bertz CT molecular complexity index is 436. The summed E-state index contributed by atoms with van der Waals surface area (Å²) in [5, 5.41) is 0.640. The second kappa shape index (κ2) is 3.80. The Morgan fingerprint density at radius 1 is 1.43 bits per heavy atom. The smallest absolute Gasteiger partial charge is 0.132 e. The number of hydrogen-bond donors (Lipinski definition) is 1. The van der Waals surface area contributed by atoms with Crippen molar-refractivity contribution in [2.45, 2.75) is 13.5 Å². The average molecular weight is 193 g/mol. The lowest BCUT2D eigenvalue weighted by atomic mass is 10.2. The number of hydrogen-bond acceptors (Lipinski definition) is 1. The van der Waals surface area contributed by atoms with Crippen LogP contribution in [0.2, 0.25) is 0 Å². The molecule has 0 unspecified atom stereocenters. The fourth-order valence-corrected chi connectivity index (χ4v) is 1.53. The lowest BCUT2D eigenvalue weighted by Gasteiger charge is -1.99. The van der Waals surface area contributed by atoms with E-state index in [0.29, 0.717) is 18.6 Å². The normalized spacial score (nSPS) is 11.0. The van der Waals surface area contributed by atoms with Gasteiger partial charge in [-0.05, 0) is 19.1 Å². The van der Waals surface area contributed by atoms with Gasteiger partial charge in [-0.2, -0.15) is 0 Å². The molecule has 0 aliphatic carbocycles. The van der Waals surface area contributed by atoms with Crippen LogP contribution in [0.15, 0.2) is 24.4 Å².